The number of ketones is 1. The van der Waals surface area contributed by atoms with Crippen molar-refractivity contribution in [3.8, 4) is 0 Å². The van der Waals surface area contributed by atoms with Gasteiger partial charge in [-0.3, -0.25) is 4.79 Å². The van der Waals surface area contributed by atoms with Crippen molar-refractivity contribution in [1.29, 1.82) is 0 Å². The zero-order valence-electron chi connectivity index (χ0n) is 12.2. The molecule has 0 radical (unpaired) electrons. The van der Waals surface area contributed by atoms with Gasteiger partial charge >= 0.3 is 0 Å². The number of Topliss-reactive ketones (excluding diaryl/α,β-unsaturated/α-hetero) is 1. The summed E-state index contributed by atoms with van der Waals surface area (Å²) in [4.78, 5) is 21.9. The molecular weight excluding hydrogens is 298 g/mol. The van der Waals surface area contributed by atoms with Crippen LogP contribution in [0.3, 0.4) is 0 Å². The van der Waals surface area contributed by atoms with Crippen LogP contribution in [0.5, 0.6) is 0 Å². The fourth-order valence-corrected chi connectivity index (χ4v) is 2.50. The summed E-state index contributed by atoms with van der Waals surface area (Å²) in [5.41, 5.74) is 2.40. The summed E-state index contributed by atoms with van der Waals surface area (Å²) in [7, 11) is 1.91. The van der Waals surface area contributed by atoms with Crippen LogP contribution in [0.2, 0.25) is 5.28 Å². The van der Waals surface area contributed by atoms with Gasteiger partial charge in [0.25, 0.3) is 0 Å². The van der Waals surface area contributed by atoms with E-state index < -0.39 is 0 Å². The number of carbonyl (C=O) groups excluding carboxylic acids is 1. The molecule has 1 heterocycles. The molecule has 0 amide bonds. The van der Waals surface area contributed by atoms with Gasteiger partial charge in [-0.1, -0.05) is 12.1 Å². The van der Waals surface area contributed by atoms with Gasteiger partial charge in [0.05, 0.1) is 5.52 Å². The van der Waals surface area contributed by atoms with Gasteiger partial charge in [-0.2, -0.15) is 4.98 Å². The van der Waals surface area contributed by atoms with E-state index in [0.717, 1.165) is 22.4 Å². The third-order valence-corrected chi connectivity index (χ3v) is 3.70. The molecule has 0 aliphatic rings. The fourth-order valence-electron chi connectivity index (χ4n) is 2.33. The Labute approximate surface area is 133 Å². The maximum atomic E-state index is 11.4. The largest absolute Gasteiger partial charge is 0.329 e. The number of halogens is 1. The first-order valence-electron chi connectivity index (χ1n) is 6.83. The molecule has 3 aromatic rings. The summed E-state index contributed by atoms with van der Waals surface area (Å²) < 4.78 is 0. The number of hydrogen-bond donors (Lipinski definition) is 0. The Morgan fingerprint density at radius 3 is 2.41 bits per heavy atom. The summed E-state index contributed by atoms with van der Waals surface area (Å²) in [6.07, 6.45) is 0. The summed E-state index contributed by atoms with van der Waals surface area (Å²) in [6, 6.07) is 15.1. The van der Waals surface area contributed by atoms with Crippen LogP contribution in [0, 0.1) is 0 Å². The van der Waals surface area contributed by atoms with Crippen molar-refractivity contribution in [3.05, 3.63) is 59.4 Å². The molecule has 0 N–H and O–H groups in total. The zero-order chi connectivity index (χ0) is 15.7. The Kier molecular flexibility index (Phi) is 3.77. The number of nitrogens with zero attached hydrogens (tertiary/aromatic N) is 3. The lowest BCUT2D eigenvalue weighted by molar-refractivity contribution is 0.101. The minimum absolute atomic E-state index is 0.0460. The molecule has 5 heteroatoms. The molecule has 0 aliphatic carbocycles. The highest BCUT2D eigenvalue weighted by molar-refractivity contribution is 6.28. The lowest BCUT2D eigenvalue weighted by Gasteiger charge is -2.20. The highest BCUT2D eigenvalue weighted by Gasteiger charge is 2.12. The standard InChI is InChI=1S/C17H14ClN3O/c1-11(22)12-7-9-13(10-8-12)21(2)16-14-5-3-4-6-15(14)19-17(18)20-16/h3-10H,1-2H3. The number of carbonyl (C=O) groups is 1. The van der Waals surface area contributed by atoms with E-state index in [-0.39, 0.29) is 11.1 Å². The minimum Gasteiger partial charge on any atom is -0.329 e. The van der Waals surface area contributed by atoms with Crippen molar-refractivity contribution in [2.24, 2.45) is 0 Å². The summed E-state index contributed by atoms with van der Waals surface area (Å²) >= 11 is 6.03. The van der Waals surface area contributed by atoms with Gasteiger partial charge in [-0.15, -0.1) is 0 Å². The van der Waals surface area contributed by atoms with Crippen molar-refractivity contribution in [3.63, 3.8) is 0 Å². The second-order valence-electron chi connectivity index (χ2n) is 5.00. The molecule has 4 nitrogen and oxygen atoms in total. The molecule has 0 atom stereocenters. The highest BCUT2D eigenvalue weighted by Crippen LogP contribution is 2.29. The summed E-state index contributed by atoms with van der Waals surface area (Å²) in [5.74, 6) is 0.774. The third kappa shape index (κ3) is 2.65. The molecule has 2 aromatic carbocycles. The Hall–Kier alpha value is -2.46. The molecule has 0 fully saturated rings. The summed E-state index contributed by atoms with van der Waals surface area (Å²) in [6.45, 7) is 1.55. The van der Waals surface area contributed by atoms with E-state index in [1.54, 1.807) is 19.1 Å². The maximum Gasteiger partial charge on any atom is 0.224 e. The topological polar surface area (TPSA) is 46.1 Å². The molecular formula is C17H14ClN3O. The number of rotatable bonds is 3. The van der Waals surface area contributed by atoms with Crippen molar-refractivity contribution in [1.82, 2.24) is 9.97 Å². The van der Waals surface area contributed by atoms with E-state index in [4.69, 9.17) is 11.6 Å². The predicted octanol–water partition coefficient (Wildman–Crippen LogP) is 4.25. The van der Waals surface area contributed by atoms with Crippen molar-refractivity contribution >= 4 is 39.8 Å². The van der Waals surface area contributed by atoms with E-state index >= 15 is 0 Å². The quantitative estimate of drug-likeness (QED) is 0.536. The maximum absolute atomic E-state index is 11.4. The number of hydrogen-bond acceptors (Lipinski definition) is 4. The van der Waals surface area contributed by atoms with E-state index in [1.807, 2.05) is 48.3 Å². The summed E-state index contributed by atoms with van der Waals surface area (Å²) in [5, 5.41) is 1.13. The second-order valence-corrected chi connectivity index (χ2v) is 5.33. The van der Waals surface area contributed by atoms with Crippen molar-refractivity contribution in [2.45, 2.75) is 6.92 Å². The first kappa shape index (κ1) is 14.5. The minimum atomic E-state index is 0.0460. The molecule has 110 valence electrons. The van der Waals surface area contributed by atoms with Crippen molar-refractivity contribution in [2.75, 3.05) is 11.9 Å². The van der Waals surface area contributed by atoms with Gasteiger partial charge in [-0.05, 0) is 54.9 Å². The lowest BCUT2D eigenvalue weighted by atomic mass is 10.1. The average molecular weight is 312 g/mol. The van der Waals surface area contributed by atoms with Crippen LogP contribution in [-0.4, -0.2) is 22.8 Å². The Balaban J connectivity index is 2.08. The molecule has 0 bridgehead atoms. The smallest absolute Gasteiger partial charge is 0.224 e. The molecule has 0 unspecified atom stereocenters. The zero-order valence-corrected chi connectivity index (χ0v) is 13.0. The first-order chi connectivity index (χ1) is 10.6. The number of para-hydroxylation sites is 1. The van der Waals surface area contributed by atoms with Gasteiger partial charge in [0.1, 0.15) is 5.82 Å². The predicted molar refractivity (Wildman–Crippen MR) is 89.1 cm³/mol. The van der Waals surface area contributed by atoms with Crippen LogP contribution >= 0.6 is 11.6 Å². The molecule has 0 saturated carbocycles. The third-order valence-electron chi connectivity index (χ3n) is 3.53. The molecule has 22 heavy (non-hydrogen) atoms. The number of aromatic nitrogens is 2. The molecule has 0 aliphatic heterocycles. The van der Waals surface area contributed by atoms with Gasteiger partial charge < -0.3 is 4.90 Å². The van der Waals surface area contributed by atoms with Crippen LogP contribution in [-0.2, 0) is 0 Å². The van der Waals surface area contributed by atoms with Crippen molar-refractivity contribution < 1.29 is 4.79 Å². The molecule has 0 spiro atoms. The van der Waals surface area contributed by atoms with Crippen LogP contribution in [0.25, 0.3) is 10.9 Å². The van der Waals surface area contributed by atoms with E-state index in [2.05, 4.69) is 9.97 Å². The molecule has 3 rings (SSSR count). The Morgan fingerprint density at radius 2 is 1.73 bits per heavy atom. The average Bonchev–Trinajstić information content (AvgIpc) is 2.53. The molecule has 0 saturated heterocycles. The monoisotopic (exact) mass is 311 g/mol. The van der Waals surface area contributed by atoms with Crippen LogP contribution in [0.4, 0.5) is 11.5 Å². The number of benzene rings is 2. The van der Waals surface area contributed by atoms with E-state index in [0.29, 0.717) is 5.56 Å². The number of fused-ring (bicyclic) bond motifs is 1. The SMILES string of the molecule is CC(=O)c1ccc(N(C)c2nc(Cl)nc3ccccc23)cc1. The first-order valence-corrected chi connectivity index (χ1v) is 7.21. The fraction of sp³-hybridized carbons (Fsp3) is 0.118. The highest BCUT2D eigenvalue weighted by atomic mass is 35.5. The van der Waals surface area contributed by atoms with Crippen LogP contribution < -0.4 is 4.90 Å². The second kappa shape index (κ2) is 5.73. The van der Waals surface area contributed by atoms with E-state index in [9.17, 15) is 4.79 Å². The van der Waals surface area contributed by atoms with Gasteiger partial charge in [0.15, 0.2) is 5.78 Å². The van der Waals surface area contributed by atoms with Gasteiger partial charge in [0.2, 0.25) is 5.28 Å². The normalized spacial score (nSPS) is 10.7. The Bertz CT molecular complexity index is 846. The Morgan fingerprint density at radius 1 is 1.05 bits per heavy atom. The number of anilines is 2. The molecule has 1 aromatic heterocycles. The van der Waals surface area contributed by atoms with E-state index in [1.165, 1.54) is 0 Å². The lowest BCUT2D eigenvalue weighted by Crippen LogP contribution is -2.12. The van der Waals surface area contributed by atoms with Crippen LogP contribution in [0.15, 0.2) is 48.5 Å². The van der Waals surface area contributed by atoms with Gasteiger partial charge in [-0.25, -0.2) is 4.98 Å². The van der Waals surface area contributed by atoms with Gasteiger partial charge in [0, 0.05) is 23.7 Å². The van der Waals surface area contributed by atoms with Crippen LogP contribution in [0.1, 0.15) is 17.3 Å².